The molecule has 0 heterocycles. The minimum absolute atomic E-state index is 0.0114. The van der Waals surface area contributed by atoms with E-state index in [-0.39, 0.29) is 22.4 Å². The van der Waals surface area contributed by atoms with Gasteiger partial charge >= 0.3 is 0 Å². The Morgan fingerprint density at radius 2 is 2.04 bits per heavy atom. The van der Waals surface area contributed by atoms with Gasteiger partial charge in [0.15, 0.2) is 0 Å². The molecule has 1 fully saturated rings. The number of nitro groups is 1. The van der Waals surface area contributed by atoms with E-state index in [9.17, 15) is 18.5 Å². The minimum Gasteiger partial charge on any atom is -0.495 e. The third kappa shape index (κ3) is 4.00. The maximum Gasteiger partial charge on any atom is 0.271 e. The zero-order valence-corrected chi connectivity index (χ0v) is 14.4. The quantitative estimate of drug-likeness (QED) is 0.535. The zero-order chi connectivity index (χ0) is 17.2. The number of methoxy groups -OCH3 is 1. The topological polar surface area (TPSA) is 89.7 Å². The molecular weight excluding hydrogens is 320 g/mol. The molecule has 0 spiro atoms. The summed E-state index contributed by atoms with van der Waals surface area (Å²) in [5, 5.41) is 11.0. The van der Waals surface area contributed by atoms with Gasteiger partial charge in [-0.25, -0.2) is 8.42 Å². The number of ether oxygens (including phenoxy) is 1. The van der Waals surface area contributed by atoms with Gasteiger partial charge in [0, 0.05) is 24.7 Å². The van der Waals surface area contributed by atoms with E-state index in [4.69, 9.17) is 4.74 Å². The molecule has 2 rings (SSSR count). The number of hydrogen-bond acceptors (Lipinski definition) is 5. The standard InChI is InChI=1S/C15H22N2O5S/c1-11(2)8-9-16(12-4-5-12)23(20,21)15-10-13(17(18)19)6-7-14(15)22-3/h6-7,10-12H,4-5,8-9H2,1-3H3. The number of nitrogens with zero attached hydrogens (tertiary/aromatic N) is 2. The van der Waals surface area contributed by atoms with E-state index in [1.165, 1.54) is 23.5 Å². The smallest absolute Gasteiger partial charge is 0.271 e. The third-order valence-electron chi connectivity index (χ3n) is 3.83. The summed E-state index contributed by atoms with van der Waals surface area (Å²) in [5.74, 6) is 0.504. The van der Waals surface area contributed by atoms with Crippen molar-refractivity contribution in [2.45, 2.75) is 44.0 Å². The fraction of sp³-hybridized carbons (Fsp3) is 0.600. The second-order valence-electron chi connectivity index (χ2n) is 6.12. The lowest BCUT2D eigenvalue weighted by molar-refractivity contribution is -0.385. The van der Waals surface area contributed by atoms with Gasteiger partial charge in [-0.1, -0.05) is 13.8 Å². The first kappa shape index (κ1) is 17.7. The number of nitro benzene ring substituents is 1. The Hall–Kier alpha value is -1.67. The molecule has 0 saturated heterocycles. The first-order chi connectivity index (χ1) is 10.8. The van der Waals surface area contributed by atoms with Crippen molar-refractivity contribution in [1.82, 2.24) is 4.31 Å². The Morgan fingerprint density at radius 3 is 2.52 bits per heavy atom. The molecule has 1 aromatic rings. The van der Waals surface area contributed by atoms with E-state index in [1.54, 1.807) is 0 Å². The molecule has 0 bridgehead atoms. The Morgan fingerprint density at radius 1 is 1.39 bits per heavy atom. The van der Waals surface area contributed by atoms with Crippen LogP contribution in [0, 0.1) is 16.0 Å². The number of rotatable bonds is 8. The number of benzene rings is 1. The van der Waals surface area contributed by atoms with Gasteiger partial charge in [-0.2, -0.15) is 4.31 Å². The highest BCUT2D eigenvalue weighted by molar-refractivity contribution is 7.89. The van der Waals surface area contributed by atoms with Gasteiger partial charge in [0.05, 0.1) is 12.0 Å². The molecule has 1 aliphatic carbocycles. The van der Waals surface area contributed by atoms with Gasteiger partial charge in [-0.15, -0.1) is 0 Å². The van der Waals surface area contributed by atoms with Crippen LogP contribution in [0.25, 0.3) is 0 Å². The Balaban J connectivity index is 2.43. The van der Waals surface area contributed by atoms with Gasteiger partial charge in [0.1, 0.15) is 10.6 Å². The molecule has 0 radical (unpaired) electrons. The normalized spacial score (nSPS) is 15.2. The predicted octanol–water partition coefficient (Wildman–Crippen LogP) is 2.80. The van der Waals surface area contributed by atoms with Crippen LogP contribution in [0.1, 0.15) is 33.1 Å². The molecule has 0 amide bonds. The van der Waals surface area contributed by atoms with Crippen molar-refractivity contribution in [3.8, 4) is 5.75 Å². The van der Waals surface area contributed by atoms with E-state index in [2.05, 4.69) is 0 Å². The lowest BCUT2D eigenvalue weighted by Crippen LogP contribution is -2.34. The number of hydrogen-bond donors (Lipinski definition) is 0. The van der Waals surface area contributed by atoms with Crippen LogP contribution >= 0.6 is 0 Å². The summed E-state index contributed by atoms with van der Waals surface area (Å²) in [6.07, 6.45) is 2.40. The first-order valence-corrected chi connectivity index (χ1v) is 9.05. The minimum atomic E-state index is -3.83. The maximum absolute atomic E-state index is 13.0. The highest BCUT2D eigenvalue weighted by atomic mass is 32.2. The van der Waals surface area contributed by atoms with Crippen LogP contribution in [0.5, 0.6) is 5.75 Å². The largest absolute Gasteiger partial charge is 0.495 e. The van der Waals surface area contributed by atoms with Crippen molar-refractivity contribution in [1.29, 1.82) is 0 Å². The summed E-state index contributed by atoms with van der Waals surface area (Å²) in [6.45, 7) is 4.48. The predicted molar refractivity (Wildman–Crippen MR) is 86.0 cm³/mol. The Labute approximate surface area is 136 Å². The van der Waals surface area contributed by atoms with Crippen molar-refractivity contribution in [2.75, 3.05) is 13.7 Å². The SMILES string of the molecule is COc1ccc([N+](=O)[O-])cc1S(=O)(=O)N(CCC(C)C)C1CC1. The average molecular weight is 342 g/mol. The van der Waals surface area contributed by atoms with Gasteiger partial charge < -0.3 is 4.74 Å². The Bertz CT molecular complexity index is 683. The van der Waals surface area contributed by atoms with Gasteiger partial charge in [0.25, 0.3) is 5.69 Å². The van der Waals surface area contributed by atoms with E-state index >= 15 is 0 Å². The van der Waals surface area contributed by atoms with Crippen LogP contribution in [0.15, 0.2) is 23.1 Å². The second-order valence-corrected chi connectivity index (χ2v) is 7.98. The summed E-state index contributed by atoms with van der Waals surface area (Å²) in [5.41, 5.74) is -0.260. The van der Waals surface area contributed by atoms with E-state index < -0.39 is 14.9 Å². The molecule has 128 valence electrons. The molecule has 1 aromatic carbocycles. The molecule has 0 atom stereocenters. The number of non-ortho nitro benzene ring substituents is 1. The van der Waals surface area contributed by atoms with Crippen LogP contribution in [-0.2, 0) is 10.0 Å². The van der Waals surface area contributed by atoms with Gasteiger partial charge in [0.2, 0.25) is 10.0 Å². The lowest BCUT2D eigenvalue weighted by Gasteiger charge is -2.23. The molecule has 0 N–H and O–H groups in total. The molecule has 0 aromatic heterocycles. The molecule has 8 heteroatoms. The molecule has 1 aliphatic rings. The van der Waals surface area contributed by atoms with E-state index in [0.29, 0.717) is 12.5 Å². The van der Waals surface area contributed by atoms with Crippen LogP contribution in [0.3, 0.4) is 0 Å². The average Bonchev–Trinajstić information content (AvgIpc) is 3.30. The molecule has 23 heavy (non-hydrogen) atoms. The fourth-order valence-electron chi connectivity index (χ4n) is 2.35. The third-order valence-corrected chi connectivity index (χ3v) is 5.80. The second kappa shape index (κ2) is 6.84. The van der Waals surface area contributed by atoms with Crippen LogP contribution < -0.4 is 4.74 Å². The zero-order valence-electron chi connectivity index (χ0n) is 13.6. The highest BCUT2D eigenvalue weighted by Crippen LogP contribution is 2.36. The van der Waals surface area contributed by atoms with Crippen LogP contribution in [-0.4, -0.2) is 37.3 Å². The molecule has 0 unspecified atom stereocenters. The van der Waals surface area contributed by atoms with Crippen molar-refractivity contribution in [2.24, 2.45) is 5.92 Å². The molecule has 7 nitrogen and oxygen atoms in total. The molecular formula is C15H22N2O5S. The summed E-state index contributed by atoms with van der Waals surface area (Å²) < 4.78 is 32.6. The number of sulfonamides is 1. The lowest BCUT2D eigenvalue weighted by atomic mass is 10.1. The first-order valence-electron chi connectivity index (χ1n) is 7.61. The summed E-state index contributed by atoms with van der Waals surface area (Å²) in [7, 11) is -2.47. The van der Waals surface area contributed by atoms with Crippen molar-refractivity contribution in [3.63, 3.8) is 0 Å². The summed E-state index contributed by atoms with van der Waals surface area (Å²) >= 11 is 0. The van der Waals surface area contributed by atoms with Crippen LogP contribution in [0.4, 0.5) is 5.69 Å². The van der Waals surface area contributed by atoms with Crippen LogP contribution in [0.2, 0.25) is 0 Å². The molecule has 1 saturated carbocycles. The molecule has 0 aliphatic heterocycles. The maximum atomic E-state index is 13.0. The highest BCUT2D eigenvalue weighted by Gasteiger charge is 2.39. The van der Waals surface area contributed by atoms with Gasteiger partial charge in [-0.05, 0) is 31.2 Å². The van der Waals surface area contributed by atoms with E-state index in [1.807, 2.05) is 13.8 Å². The summed E-state index contributed by atoms with van der Waals surface area (Å²) in [6, 6.07) is 3.65. The Kier molecular flexibility index (Phi) is 5.26. The fourth-order valence-corrected chi connectivity index (χ4v) is 4.23. The van der Waals surface area contributed by atoms with Crippen molar-refractivity contribution in [3.05, 3.63) is 28.3 Å². The van der Waals surface area contributed by atoms with E-state index in [0.717, 1.165) is 25.3 Å². The van der Waals surface area contributed by atoms with Crippen molar-refractivity contribution < 1.29 is 18.1 Å². The van der Waals surface area contributed by atoms with Crippen molar-refractivity contribution >= 4 is 15.7 Å². The van der Waals surface area contributed by atoms with Gasteiger partial charge in [-0.3, -0.25) is 10.1 Å². The monoisotopic (exact) mass is 342 g/mol. The summed E-state index contributed by atoms with van der Waals surface area (Å²) in [4.78, 5) is 10.2.